The molecule has 2 fully saturated rings. The molecular weight excluding hydrogens is 268 g/mol. The van der Waals surface area contributed by atoms with E-state index in [1.165, 1.54) is 0 Å². The van der Waals surface area contributed by atoms with Gasteiger partial charge in [0, 0.05) is 32.2 Å². The summed E-state index contributed by atoms with van der Waals surface area (Å²) >= 11 is 0. The smallest absolute Gasteiger partial charge is 0.248 e. The number of nitrogens with one attached hydrogen (secondary N) is 1. The summed E-state index contributed by atoms with van der Waals surface area (Å²) in [6, 6.07) is -0.0275. The summed E-state index contributed by atoms with van der Waals surface area (Å²) in [6.07, 6.45) is 3.69. The van der Waals surface area contributed by atoms with E-state index < -0.39 is 5.54 Å². The second kappa shape index (κ2) is 6.77. The lowest BCUT2D eigenvalue weighted by atomic mass is 9.90. The Bertz CT molecular complexity index is 387. The molecule has 0 radical (unpaired) electrons. The monoisotopic (exact) mass is 296 g/mol. The summed E-state index contributed by atoms with van der Waals surface area (Å²) in [6.45, 7) is 8.25. The molecule has 2 saturated heterocycles. The van der Waals surface area contributed by atoms with E-state index in [-0.39, 0.29) is 17.9 Å². The molecule has 0 aromatic rings. The first-order valence-electron chi connectivity index (χ1n) is 8.22. The first-order chi connectivity index (χ1) is 10.0. The van der Waals surface area contributed by atoms with Crippen molar-refractivity contribution in [1.82, 2.24) is 10.2 Å². The van der Waals surface area contributed by atoms with Gasteiger partial charge < -0.3 is 15.0 Å². The SMILES string of the molecule is CCC1(CC)NC(=O)CC(C)N(CC2CCOCC2)C1=O. The van der Waals surface area contributed by atoms with Crippen molar-refractivity contribution >= 4 is 11.8 Å². The average Bonchev–Trinajstić information content (AvgIpc) is 2.58. The van der Waals surface area contributed by atoms with Crippen LogP contribution in [0.1, 0.15) is 52.9 Å². The van der Waals surface area contributed by atoms with Gasteiger partial charge in [0.05, 0.1) is 0 Å². The number of rotatable bonds is 4. The zero-order valence-corrected chi connectivity index (χ0v) is 13.5. The zero-order chi connectivity index (χ0) is 15.5. The van der Waals surface area contributed by atoms with Gasteiger partial charge in [-0.3, -0.25) is 9.59 Å². The molecule has 1 unspecified atom stereocenters. The van der Waals surface area contributed by atoms with Crippen molar-refractivity contribution in [2.45, 2.75) is 64.5 Å². The highest BCUT2D eigenvalue weighted by atomic mass is 16.5. The number of amides is 2. The molecule has 2 aliphatic rings. The number of hydrogen-bond acceptors (Lipinski definition) is 3. The van der Waals surface area contributed by atoms with Crippen molar-refractivity contribution < 1.29 is 14.3 Å². The van der Waals surface area contributed by atoms with Gasteiger partial charge in [0.2, 0.25) is 11.8 Å². The second-order valence-electron chi connectivity index (χ2n) is 6.40. The Morgan fingerprint density at radius 3 is 2.43 bits per heavy atom. The summed E-state index contributed by atoms with van der Waals surface area (Å²) in [4.78, 5) is 27.1. The van der Waals surface area contributed by atoms with Crippen LogP contribution in [-0.2, 0) is 14.3 Å². The van der Waals surface area contributed by atoms with Crippen LogP contribution in [0.4, 0.5) is 0 Å². The van der Waals surface area contributed by atoms with E-state index in [2.05, 4.69) is 5.32 Å². The lowest BCUT2D eigenvalue weighted by molar-refractivity contribution is -0.141. The molecule has 0 aliphatic carbocycles. The van der Waals surface area contributed by atoms with Crippen molar-refractivity contribution in [1.29, 1.82) is 0 Å². The van der Waals surface area contributed by atoms with E-state index in [1.807, 2.05) is 25.7 Å². The molecular formula is C16H28N2O3. The maximum absolute atomic E-state index is 13.0. The number of carbonyl (C=O) groups is 2. The van der Waals surface area contributed by atoms with Gasteiger partial charge in [-0.05, 0) is 38.5 Å². The van der Waals surface area contributed by atoms with Crippen LogP contribution < -0.4 is 5.32 Å². The van der Waals surface area contributed by atoms with Crippen LogP contribution in [0, 0.1) is 5.92 Å². The van der Waals surface area contributed by atoms with Crippen LogP contribution in [0.3, 0.4) is 0 Å². The molecule has 21 heavy (non-hydrogen) atoms. The zero-order valence-electron chi connectivity index (χ0n) is 13.5. The fourth-order valence-corrected chi connectivity index (χ4v) is 3.42. The molecule has 0 bridgehead atoms. The molecule has 2 aliphatic heterocycles. The molecule has 1 N–H and O–H groups in total. The van der Waals surface area contributed by atoms with Gasteiger partial charge in [0.25, 0.3) is 0 Å². The standard InChI is InChI=1S/C16H28N2O3/c1-4-16(5-2)15(20)18(12(3)10-14(19)17-16)11-13-6-8-21-9-7-13/h12-13H,4-11H2,1-3H3,(H,17,19). The third-order valence-electron chi connectivity index (χ3n) is 5.06. The topological polar surface area (TPSA) is 58.6 Å². The Hall–Kier alpha value is -1.10. The van der Waals surface area contributed by atoms with Gasteiger partial charge in [-0.1, -0.05) is 13.8 Å². The summed E-state index contributed by atoms with van der Waals surface area (Å²) in [5, 5.41) is 2.98. The quantitative estimate of drug-likeness (QED) is 0.859. The summed E-state index contributed by atoms with van der Waals surface area (Å²) in [5.41, 5.74) is -0.715. The summed E-state index contributed by atoms with van der Waals surface area (Å²) in [7, 11) is 0. The normalized spacial score (nSPS) is 27.4. The number of carbonyl (C=O) groups excluding carboxylic acids is 2. The second-order valence-corrected chi connectivity index (χ2v) is 6.40. The third kappa shape index (κ3) is 3.39. The molecule has 0 spiro atoms. The minimum atomic E-state index is -0.715. The predicted octanol–water partition coefficient (Wildman–Crippen LogP) is 1.71. The minimum absolute atomic E-state index is 0.00553. The van der Waals surface area contributed by atoms with Crippen molar-refractivity contribution in [3.8, 4) is 0 Å². The molecule has 2 heterocycles. The highest BCUT2D eigenvalue weighted by molar-refractivity contribution is 5.94. The van der Waals surface area contributed by atoms with Gasteiger partial charge in [0.1, 0.15) is 5.54 Å². The van der Waals surface area contributed by atoms with Crippen molar-refractivity contribution in [2.24, 2.45) is 5.92 Å². The summed E-state index contributed by atoms with van der Waals surface area (Å²) < 4.78 is 5.40. The molecule has 2 rings (SSSR count). The third-order valence-corrected chi connectivity index (χ3v) is 5.06. The Balaban J connectivity index is 2.19. The van der Waals surface area contributed by atoms with Crippen molar-refractivity contribution in [3.05, 3.63) is 0 Å². The minimum Gasteiger partial charge on any atom is -0.381 e. The highest BCUT2D eigenvalue weighted by Crippen LogP contribution is 2.27. The van der Waals surface area contributed by atoms with Gasteiger partial charge in [-0.25, -0.2) is 0 Å². The molecule has 0 saturated carbocycles. The molecule has 0 aromatic heterocycles. The first-order valence-corrected chi connectivity index (χ1v) is 8.22. The van der Waals surface area contributed by atoms with Crippen LogP contribution in [0.2, 0.25) is 0 Å². The Kier molecular flexibility index (Phi) is 5.25. The van der Waals surface area contributed by atoms with Crippen LogP contribution in [0.15, 0.2) is 0 Å². The molecule has 5 nitrogen and oxygen atoms in total. The molecule has 0 aromatic carbocycles. The van der Waals surface area contributed by atoms with E-state index >= 15 is 0 Å². The largest absolute Gasteiger partial charge is 0.381 e. The van der Waals surface area contributed by atoms with E-state index in [4.69, 9.17) is 4.74 Å². The Labute approximate surface area is 127 Å². The molecule has 2 amide bonds. The van der Waals surface area contributed by atoms with Gasteiger partial charge >= 0.3 is 0 Å². The summed E-state index contributed by atoms with van der Waals surface area (Å²) in [5.74, 6) is 0.580. The van der Waals surface area contributed by atoms with E-state index in [0.717, 1.165) is 32.6 Å². The van der Waals surface area contributed by atoms with Crippen molar-refractivity contribution in [3.63, 3.8) is 0 Å². The van der Waals surface area contributed by atoms with Crippen LogP contribution in [-0.4, -0.2) is 48.1 Å². The van der Waals surface area contributed by atoms with E-state index in [0.29, 0.717) is 25.2 Å². The number of hydrogen-bond donors (Lipinski definition) is 1. The van der Waals surface area contributed by atoms with Gasteiger partial charge in [-0.15, -0.1) is 0 Å². The van der Waals surface area contributed by atoms with Gasteiger partial charge in [0.15, 0.2) is 0 Å². The molecule has 5 heteroatoms. The maximum atomic E-state index is 13.0. The average molecular weight is 296 g/mol. The Morgan fingerprint density at radius 2 is 1.86 bits per heavy atom. The predicted molar refractivity (Wildman–Crippen MR) is 80.8 cm³/mol. The van der Waals surface area contributed by atoms with E-state index in [1.54, 1.807) is 0 Å². The lowest BCUT2D eigenvalue weighted by Gasteiger charge is -2.38. The van der Waals surface area contributed by atoms with E-state index in [9.17, 15) is 9.59 Å². The molecule has 1 atom stereocenters. The van der Waals surface area contributed by atoms with Gasteiger partial charge in [-0.2, -0.15) is 0 Å². The Morgan fingerprint density at radius 1 is 1.24 bits per heavy atom. The van der Waals surface area contributed by atoms with Crippen LogP contribution >= 0.6 is 0 Å². The highest BCUT2D eigenvalue weighted by Gasteiger charge is 2.44. The maximum Gasteiger partial charge on any atom is 0.248 e. The fraction of sp³-hybridized carbons (Fsp3) is 0.875. The lowest BCUT2D eigenvalue weighted by Crippen LogP contribution is -2.57. The van der Waals surface area contributed by atoms with Crippen LogP contribution in [0.5, 0.6) is 0 Å². The van der Waals surface area contributed by atoms with Crippen molar-refractivity contribution in [2.75, 3.05) is 19.8 Å². The molecule has 120 valence electrons. The number of ether oxygens (including phenoxy) is 1. The number of nitrogens with zero attached hydrogens (tertiary/aromatic N) is 1. The fourth-order valence-electron chi connectivity index (χ4n) is 3.42. The van der Waals surface area contributed by atoms with Crippen LogP contribution in [0.25, 0.3) is 0 Å². The first kappa shape index (κ1) is 16.3.